The number of pyridine rings is 1. The van der Waals surface area contributed by atoms with Crippen molar-refractivity contribution in [1.82, 2.24) is 10.3 Å². The van der Waals surface area contributed by atoms with E-state index in [0.29, 0.717) is 0 Å². The Balaban J connectivity index is 2.17. The van der Waals surface area contributed by atoms with Crippen LogP contribution >= 0.6 is 15.9 Å². The van der Waals surface area contributed by atoms with Crippen molar-refractivity contribution in [2.75, 3.05) is 19.0 Å². The van der Waals surface area contributed by atoms with E-state index >= 15 is 0 Å². The van der Waals surface area contributed by atoms with E-state index < -0.39 is 0 Å². The van der Waals surface area contributed by atoms with Gasteiger partial charge in [0.15, 0.2) is 0 Å². The summed E-state index contributed by atoms with van der Waals surface area (Å²) in [7, 11) is 4.05. The molecule has 0 saturated carbocycles. The molecular weight excluding hydrogens is 302 g/mol. The number of halogens is 1. The maximum Gasteiger partial charge on any atom is 0.0598 e. The number of hydrogen-bond acceptors (Lipinski definition) is 3. The second kappa shape index (κ2) is 6.68. The Hall–Kier alpha value is -1.39. The van der Waals surface area contributed by atoms with Gasteiger partial charge >= 0.3 is 0 Å². The molecule has 1 N–H and O–H groups in total. The Morgan fingerprint density at radius 3 is 2.89 bits per heavy atom. The van der Waals surface area contributed by atoms with Crippen molar-refractivity contribution in [3.63, 3.8) is 0 Å². The van der Waals surface area contributed by atoms with Gasteiger partial charge in [0.25, 0.3) is 0 Å². The summed E-state index contributed by atoms with van der Waals surface area (Å²) in [5, 5.41) is 3.19. The first kappa shape index (κ1) is 14.0. The fourth-order valence-corrected chi connectivity index (χ4v) is 2.54. The standard InChI is InChI=1S/C15H18BrN3/c1-17-9-13-6-7-18-10-15(13)19(2)11-12-4-3-5-14(16)8-12/h3-8,10,17H,9,11H2,1-2H3. The molecule has 0 amide bonds. The number of rotatable bonds is 5. The predicted molar refractivity (Wildman–Crippen MR) is 83.2 cm³/mol. The highest BCUT2D eigenvalue weighted by molar-refractivity contribution is 9.10. The normalized spacial score (nSPS) is 10.5. The van der Waals surface area contributed by atoms with Gasteiger partial charge in [0.1, 0.15) is 0 Å². The van der Waals surface area contributed by atoms with E-state index in [2.05, 4.69) is 62.4 Å². The molecule has 0 fully saturated rings. The summed E-state index contributed by atoms with van der Waals surface area (Å²) < 4.78 is 1.11. The van der Waals surface area contributed by atoms with Crippen molar-refractivity contribution in [2.24, 2.45) is 0 Å². The average Bonchev–Trinajstić information content (AvgIpc) is 2.39. The van der Waals surface area contributed by atoms with Gasteiger partial charge in [0.05, 0.1) is 11.9 Å². The molecule has 0 atom stereocenters. The summed E-state index contributed by atoms with van der Waals surface area (Å²) in [6.45, 7) is 1.71. The first-order valence-electron chi connectivity index (χ1n) is 6.24. The molecule has 2 rings (SSSR count). The number of nitrogens with one attached hydrogen (secondary N) is 1. The highest BCUT2D eigenvalue weighted by Crippen LogP contribution is 2.21. The highest BCUT2D eigenvalue weighted by atomic mass is 79.9. The van der Waals surface area contributed by atoms with Crippen LogP contribution in [0.2, 0.25) is 0 Å². The van der Waals surface area contributed by atoms with Crippen molar-refractivity contribution in [1.29, 1.82) is 0 Å². The third-order valence-electron chi connectivity index (χ3n) is 2.97. The number of nitrogens with zero attached hydrogens (tertiary/aromatic N) is 2. The van der Waals surface area contributed by atoms with Crippen molar-refractivity contribution in [3.05, 3.63) is 58.3 Å². The Morgan fingerprint density at radius 1 is 1.32 bits per heavy atom. The van der Waals surface area contributed by atoms with Gasteiger partial charge < -0.3 is 10.2 Å². The second-order valence-corrected chi connectivity index (χ2v) is 5.44. The van der Waals surface area contributed by atoms with Crippen LogP contribution in [-0.4, -0.2) is 19.1 Å². The number of hydrogen-bond donors (Lipinski definition) is 1. The molecule has 19 heavy (non-hydrogen) atoms. The van der Waals surface area contributed by atoms with Crippen LogP contribution in [0.25, 0.3) is 0 Å². The molecule has 100 valence electrons. The molecule has 1 aromatic heterocycles. The molecule has 0 aliphatic carbocycles. The Morgan fingerprint density at radius 2 is 2.16 bits per heavy atom. The molecule has 0 unspecified atom stereocenters. The van der Waals surface area contributed by atoms with E-state index in [1.165, 1.54) is 11.1 Å². The Labute approximate surface area is 122 Å². The lowest BCUT2D eigenvalue weighted by molar-refractivity contribution is 0.802. The van der Waals surface area contributed by atoms with Crippen LogP contribution in [0.15, 0.2) is 47.2 Å². The zero-order valence-electron chi connectivity index (χ0n) is 11.2. The molecule has 2 aromatic rings. The van der Waals surface area contributed by atoms with E-state index in [-0.39, 0.29) is 0 Å². The van der Waals surface area contributed by atoms with Gasteiger partial charge in [-0.3, -0.25) is 4.98 Å². The summed E-state index contributed by atoms with van der Waals surface area (Å²) in [6, 6.07) is 10.4. The first-order chi connectivity index (χ1) is 9.20. The smallest absolute Gasteiger partial charge is 0.0598 e. The lowest BCUT2D eigenvalue weighted by Crippen LogP contribution is -2.19. The fourth-order valence-electron chi connectivity index (χ4n) is 2.09. The van der Waals surface area contributed by atoms with Gasteiger partial charge in [-0.2, -0.15) is 0 Å². The third-order valence-corrected chi connectivity index (χ3v) is 3.47. The van der Waals surface area contributed by atoms with Crippen LogP contribution < -0.4 is 10.2 Å². The van der Waals surface area contributed by atoms with Gasteiger partial charge in [-0.1, -0.05) is 28.1 Å². The Kier molecular flexibility index (Phi) is 4.93. The molecule has 1 heterocycles. The zero-order chi connectivity index (χ0) is 13.7. The van der Waals surface area contributed by atoms with Crippen LogP contribution in [0.1, 0.15) is 11.1 Å². The lowest BCUT2D eigenvalue weighted by atomic mass is 10.1. The first-order valence-corrected chi connectivity index (χ1v) is 7.03. The van der Waals surface area contributed by atoms with E-state index in [0.717, 1.165) is 23.2 Å². The van der Waals surface area contributed by atoms with Crippen molar-refractivity contribution >= 4 is 21.6 Å². The average molecular weight is 320 g/mol. The largest absolute Gasteiger partial charge is 0.369 e. The minimum atomic E-state index is 0.848. The van der Waals surface area contributed by atoms with Crippen LogP contribution in [0.4, 0.5) is 5.69 Å². The number of aromatic nitrogens is 1. The van der Waals surface area contributed by atoms with Gasteiger partial charge in [-0.05, 0) is 36.4 Å². The molecule has 1 aromatic carbocycles. The topological polar surface area (TPSA) is 28.2 Å². The summed E-state index contributed by atoms with van der Waals surface area (Å²) >= 11 is 3.51. The minimum absolute atomic E-state index is 0.848. The molecule has 4 heteroatoms. The van der Waals surface area contributed by atoms with Gasteiger partial charge in [0.2, 0.25) is 0 Å². The van der Waals surface area contributed by atoms with Crippen molar-refractivity contribution in [3.8, 4) is 0 Å². The maximum absolute atomic E-state index is 4.23. The maximum atomic E-state index is 4.23. The summed E-state index contributed by atoms with van der Waals surface area (Å²) in [4.78, 5) is 6.45. The minimum Gasteiger partial charge on any atom is -0.369 e. The zero-order valence-corrected chi connectivity index (χ0v) is 12.8. The fraction of sp³-hybridized carbons (Fsp3) is 0.267. The molecule has 3 nitrogen and oxygen atoms in total. The van der Waals surface area contributed by atoms with E-state index in [9.17, 15) is 0 Å². The second-order valence-electron chi connectivity index (χ2n) is 4.52. The van der Waals surface area contributed by atoms with E-state index in [1.54, 1.807) is 0 Å². The third kappa shape index (κ3) is 3.78. The molecule has 0 bridgehead atoms. The predicted octanol–water partition coefficient (Wildman–Crippen LogP) is 3.20. The molecule has 0 aliphatic heterocycles. The van der Waals surface area contributed by atoms with Crippen molar-refractivity contribution in [2.45, 2.75) is 13.1 Å². The van der Waals surface area contributed by atoms with Gasteiger partial charge in [0, 0.05) is 30.8 Å². The van der Waals surface area contributed by atoms with Crippen LogP contribution in [0, 0.1) is 0 Å². The van der Waals surface area contributed by atoms with Gasteiger partial charge in [-0.25, -0.2) is 0 Å². The summed E-state index contributed by atoms with van der Waals surface area (Å²) in [5.41, 5.74) is 3.70. The molecule has 0 radical (unpaired) electrons. The Bertz CT molecular complexity index is 542. The molecule has 0 aliphatic rings. The number of anilines is 1. The highest BCUT2D eigenvalue weighted by Gasteiger charge is 2.07. The number of benzene rings is 1. The molecular formula is C15H18BrN3. The summed E-state index contributed by atoms with van der Waals surface area (Å²) in [6.07, 6.45) is 3.76. The quantitative estimate of drug-likeness (QED) is 0.917. The lowest BCUT2D eigenvalue weighted by Gasteiger charge is -2.22. The van der Waals surface area contributed by atoms with Crippen LogP contribution in [-0.2, 0) is 13.1 Å². The van der Waals surface area contributed by atoms with Gasteiger partial charge in [-0.15, -0.1) is 0 Å². The monoisotopic (exact) mass is 319 g/mol. The molecule has 0 spiro atoms. The molecule has 0 saturated heterocycles. The van der Waals surface area contributed by atoms with Crippen LogP contribution in [0.3, 0.4) is 0 Å². The van der Waals surface area contributed by atoms with E-state index in [1.807, 2.05) is 25.5 Å². The van der Waals surface area contributed by atoms with Crippen LogP contribution in [0.5, 0.6) is 0 Å². The SMILES string of the molecule is CNCc1ccncc1N(C)Cc1cccc(Br)c1. The summed E-state index contributed by atoms with van der Waals surface area (Å²) in [5.74, 6) is 0. The van der Waals surface area contributed by atoms with Crippen molar-refractivity contribution < 1.29 is 0 Å². The van der Waals surface area contributed by atoms with E-state index in [4.69, 9.17) is 0 Å².